The Labute approximate surface area is 123 Å². The van der Waals surface area contributed by atoms with Crippen molar-refractivity contribution >= 4 is 27.5 Å². The standard InChI is InChI=1S/C15H21BrN2O/c1-17(15(19)11-16)12-13-5-7-14(8-6-13)18-9-3-2-4-10-18/h5-8H,2-4,9-12H2,1H3. The summed E-state index contributed by atoms with van der Waals surface area (Å²) in [6.07, 6.45) is 3.95. The molecule has 0 atom stereocenters. The third-order valence-electron chi connectivity index (χ3n) is 3.62. The lowest BCUT2D eigenvalue weighted by Gasteiger charge is -2.29. The number of hydrogen-bond acceptors (Lipinski definition) is 2. The molecule has 0 bridgehead atoms. The third-order valence-corrected chi connectivity index (χ3v) is 4.10. The lowest BCUT2D eigenvalue weighted by molar-refractivity contribution is -0.127. The largest absolute Gasteiger partial charge is 0.372 e. The minimum absolute atomic E-state index is 0.111. The third kappa shape index (κ3) is 3.96. The van der Waals surface area contributed by atoms with Crippen LogP contribution in [0.3, 0.4) is 0 Å². The maximum Gasteiger partial charge on any atom is 0.233 e. The number of carbonyl (C=O) groups excluding carboxylic acids is 1. The highest BCUT2D eigenvalue weighted by Gasteiger charge is 2.11. The van der Waals surface area contributed by atoms with E-state index in [2.05, 4.69) is 45.1 Å². The van der Waals surface area contributed by atoms with E-state index < -0.39 is 0 Å². The number of piperidine rings is 1. The molecule has 0 N–H and O–H groups in total. The van der Waals surface area contributed by atoms with Crippen LogP contribution in [0.4, 0.5) is 5.69 Å². The molecule has 1 fully saturated rings. The first-order valence-corrected chi connectivity index (χ1v) is 7.96. The number of hydrogen-bond donors (Lipinski definition) is 0. The summed E-state index contributed by atoms with van der Waals surface area (Å²) >= 11 is 3.19. The SMILES string of the molecule is CN(Cc1ccc(N2CCCCC2)cc1)C(=O)CBr. The van der Waals surface area contributed by atoms with Gasteiger partial charge in [-0.25, -0.2) is 0 Å². The highest BCUT2D eigenvalue weighted by Crippen LogP contribution is 2.20. The monoisotopic (exact) mass is 324 g/mol. The van der Waals surface area contributed by atoms with Gasteiger partial charge in [-0.3, -0.25) is 4.79 Å². The average molecular weight is 325 g/mol. The molecule has 0 aliphatic carbocycles. The molecule has 1 heterocycles. The molecule has 1 amide bonds. The second-order valence-electron chi connectivity index (χ2n) is 5.10. The predicted octanol–water partition coefficient (Wildman–Crippen LogP) is 3.03. The molecule has 1 aromatic rings. The maximum absolute atomic E-state index is 11.5. The van der Waals surface area contributed by atoms with Gasteiger partial charge in [0.25, 0.3) is 0 Å². The summed E-state index contributed by atoms with van der Waals surface area (Å²) in [6, 6.07) is 8.60. The number of carbonyl (C=O) groups is 1. The Balaban J connectivity index is 1.96. The lowest BCUT2D eigenvalue weighted by atomic mass is 10.1. The van der Waals surface area contributed by atoms with E-state index in [0.29, 0.717) is 11.9 Å². The summed E-state index contributed by atoms with van der Waals surface area (Å²) in [6.45, 7) is 3.01. The molecule has 1 aliphatic rings. The smallest absolute Gasteiger partial charge is 0.233 e. The molecule has 2 rings (SSSR count). The molecule has 104 valence electrons. The topological polar surface area (TPSA) is 23.6 Å². The van der Waals surface area contributed by atoms with Gasteiger partial charge in [0.1, 0.15) is 0 Å². The van der Waals surface area contributed by atoms with Crippen LogP contribution in [-0.4, -0.2) is 36.3 Å². The molecular formula is C15H21BrN2O. The van der Waals surface area contributed by atoms with Crippen molar-refractivity contribution in [1.29, 1.82) is 0 Å². The fourth-order valence-electron chi connectivity index (χ4n) is 2.43. The van der Waals surface area contributed by atoms with Crippen LogP contribution >= 0.6 is 15.9 Å². The minimum Gasteiger partial charge on any atom is -0.372 e. The van der Waals surface area contributed by atoms with E-state index >= 15 is 0 Å². The van der Waals surface area contributed by atoms with Gasteiger partial charge in [0, 0.05) is 32.4 Å². The number of rotatable bonds is 4. The van der Waals surface area contributed by atoms with Crippen LogP contribution in [0.25, 0.3) is 0 Å². The number of halogens is 1. The van der Waals surface area contributed by atoms with Gasteiger partial charge in [0.15, 0.2) is 0 Å². The number of nitrogens with zero attached hydrogens (tertiary/aromatic N) is 2. The molecule has 0 saturated carbocycles. The van der Waals surface area contributed by atoms with Crippen molar-refractivity contribution in [3.05, 3.63) is 29.8 Å². The average Bonchev–Trinajstić information content (AvgIpc) is 2.48. The van der Waals surface area contributed by atoms with Gasteiger partial charge < -0.3 is 9.80 Å². The normalized spacial score (nSPS) is 15.4. The van der Waals surface area contributed by atoms with E-state index in [0.717, 1.165) is 0 Å². The molecule has 4 heteroatoms. The van der Waals surface area contributed by atoms with Crippen molar-refractivity contribution in [2.45, 2.75) is 25.8 Å². The predicted molar refractivity (Wildman–Crippen MR) is 82.8 cm³/mol. The van der Waals surface area contributed by atoms with Crippen LogP contribution in [-0.2, 0) is 11.3 Å². The second kappa shape index (κ2) is 6.94. The number of alkyl halides is 1. The summed E-state index contributed by atoms with van der Waals surface area (Å²) < 4.78 is 0. The molecule has 1 aliphatic heterocycles. The lowest BCUT2D eigenvalue weighted by Crippen LogP contribution is -2.29. The highest BCUT2D eigenvalue weighted by atomic mass is 79.9. The summed E-state index contributed by atoms with van der Waals surface area (Å²) in [4.78, 5) is 15.7. The van der Waals surface area contributed by atoms with E-state index in [1.807, 2.05) is 7.05 Å². The molecule has 1 saturated heterocycles. The van der Waals surface area contributed by atoms with E-state index in [9.17, 15) is 4.79 Å². The summed E-state index contributed by atoms with van der Waals surface area (Å²) in [7, 11) is 1.84. The van der Waals surface area contributed by atoms with E-state index in [4.69, 9.17) is 0 Å². The Hall–Kier alpha value is -1.03. The first-order valence-electron chi connectivity index (χ1n) is 6.84. The number of amides is 1. The molecule has 0 spiro atoms. The molecule has 0 unspecified atom stereocenters. The zero-order valence-corrected chi connectivity index (χ0v) is 13.0. The van der Waals surface area contributed by atoms with Crippen LogP contribution in [0, 0.1) is 0 Å². The second-order valence-corrected chi connectivity index (χ2v) is 5.66. The zero-order chi connectivity index (χ0) is 13.7. The van der Waals surface area contributed by atoms with Gasteiger partial charge in [-0.1, -0.05) is 28.1 Å². The van der Waals surface area contributed by atoms with Gasteiger partial charge in [-0.2, -0.15) is 0 Å². The van der Waals surface area contributed by atoms with Gasteiger partial charge >= 0.3 is 0 Å². The van der Waals surface area contributed by atoms with Crippen molar-refractivity contribution in [1.82, 2.24) is 4.90 Å². The molecule has 1 aromatic carbocycles. The van der Waals surface area contributed by atoms with Crippen molar-refractivity contribution in [3.63, 3.8) is 0 Å². The van der Waals surface area contributed by atoms with Gasteiger partial charge in [-0.05, 0) is 37.0 Å². The zero-order valence-electron chi connectivity index (χ0n) is 11.4. The molecule has 0 radical (unpaired) electrons. The fourth-order valence-corrected chi connectivity index (χ4v) is 2.86. The van der Waals surface area contributed by atoms with E-state index in [1.54, 1.807) is 4.90 Å². The Morgan fingerprint density at radius 3 is 2.42 bits per heavy atom. The van der Waals surface area contributed by atoms with Crippen LogP contribution in [0.2, 0.25) is 0 Å². The van der Waals surface area contributed by atoms with Gasteiger partial charge in [0.05, 0.1) is 5.33 Å². The first-order chi connectivity index (χ1) is 9.20. The quantitative estimate of drug-likeness (QED) is 0.795. The Kier molecular flexibility index (Phi) is 5.25. The van der Waals surface area contributed by atoms with Crippen LogP contribution in [0.15, 0.2) is 24.3 Å². The van der Waals surface area contributed by atoms with Crippen molar-refractivity contribution < 1.29 is 4.79 Å². The van der Waals surface area contributed by atoms with Crippen molar-refractivity contribution in [2.24, 2.45) is 0 Å². The molecule has 19 heavy (non-hydrogen) atoms. The first kappa shape index (κ1) is 14.4. The summed E-state index contributed by atoms with van der Waals surface area (Å²) in [5, 5.41) is 0.384. The summed E-state index contributed by atoms with van der Waals surface area (Å²) in [5.41, 5.74) is 2.48. The molecule has 3 nitrogen and oxygen atoms in total. The van der Waals surface area contributed by atoms with E-state index in [1.165, 1.54) is 43.6 Å². The highest BCUT2D eigenvalue weighted by molar-refractivity contribution is 9.09. The van der Waals surface area contributed by atoms with Crippen LogP contribution in [0.1, 0.15) is 24.8 Å². The fraction of sp³-hybridized carbons (Fsp3) is 0.533. The Bertz CT molecular complexity index is 413. The van der Waals surface area contributed by atoms with Crippen LogP contribution < -0.4 is 4.90 Å². The van der Waals surface area contributed by atoms with E-state index in [-0.39, 0.29) is 5.91 Å². The Morgan fingerprint density at radius 2 is 1.84 bits per heavy atom. The van der Waals surface area contributed by atoms with Gasteiger partial charge in [-0.15, -0.1) is 0 Å². The molecular weight excluding hydrogens is 304 g/mol. The number of anilines is 1. The number of benzene rings is 1. The Morgan fingerprint density at radius 1 is 1.21 bits per heavy atom. The van der Waals surface area contributed by atoms with Crippen LogP contribution in [0.5, 0.6) is 0 Å². The van der Waals surface area contributed by atoms with Crippen molar-refractivity contribution in [2.75, 3.05) is 30.4 Å². The maximum atomic E-state index is 11.5. The van der Waals surface area contributed by atoms with Crippen molar-refractivity contribution in [3.8, 4) is 0 Å². The van der Waals surface area contributed by atoms with Gasteiger partial charge in [0.2, 0.25) is 5.91 Å². The summed E-state index contributed by atoms with van der Waals surface area (Å²) in [5.74, 6) is 0.111. The molecule has 0 aromatic heterocycles. The minimum atomic E-state index is 0.111.